The zero-order valence-electron chi connectivity index (χ0n) is 9.53. The Kier molecular flexibility index (Phi) is 3.26. The average molecular weight is 212 g/mol. The standard InChI is InChI=1S/C11H20N2O2/c1-8-3-9(2)13(6-8)11(14)7-15-10-4-12-5-10/h8-10,12H,3-7H2,1-2H3. The third-order valence-electron chi connectivity index (χ3n) is 3.29. The Balaban J connectivity index is 1.74. The maximum absolute atomic E-state index is 11.8. The van der Waals surface area contributed by atoms with E-state index in [1.165, 1.54) is 0 Å². The van der Waals surface area contributed by atoms with Gasteiger partial charge in [-0.1, -0.05) is 6.92 Å². The fraction of sp³-hybridized carbons (Fsp3) is 0.909. The van der Waals surface area contributed by atoms with Gasteiger partial charge in [0, 0.05) is 25.7 Å². The SMILES string of the molecule is CC1CC(C)N(C(=O)COC2CNC2)C1. The fourth-order valence-electron chi connectivity index (χ4n) is 2.30. The summed E-state index contributed by atoms with van der Waals surface area (Å²) in [7, 11) is 0. The number of ether oxygens (including phenoxy) is 1. The Labute approximate surface area is 91.0 Å². The van der Waals surface area contributed by atoms with Crippen LogP contribution in [0, 0.1) is 5.92 Å². The predicted molar refractivity (Wildman–Crippen MR) is 57.6 cm³/mol. The summed E-state index contributed by atoms with van der Waals surface area (Å²) >= 11 is 0. The van der Waals surface area contributed by atoms with Crippen molar-refractivity contribution < 1.29 is 9.53 Å². The van der Waals surface area contributed by atoms with Crippen molar-refractivity contribution in [2.24, 2.45) is 5.92 Å². The molecule has 0 aromatic heterocycles. The first-order chi connectivity index (χ1) is 7.16. The Bertz CT molecular complexity index is 241. The highest BCUT2D eigenvalue weighted by molar-refractivity contribution is 5.78. The van der Waals surface area contributed by atoms with Crippen molar-refractivity contribution in [1.29, 1.82) is 0 Å². The summed E-state index contributed by atoms with van der Waals surface area (Å²) in [5, 5.41) is 3.12. The van der Waals surface area contributed by atoms with Gasteiger partial charge >= 0.3 is 0 Å². The number of hydrogen-bond donors (Lipinski definition) is 1. The minimum atomic E-state index is 0.152. The molecular weight excluding hydrogens is 192 g/mol. The highest BCUT2D eigenvalue weighted by Gasteiger charge is 2.30. The summed E-state index contributed by atoms with van der Waals surface area (Å²) in [5.41, 5.74) is 0. The molecule has 1 N–H and O–H groups in total. The first-order valence-electron chi connectivity index (χ1n) is 5.78. The van der Waals surface area contributed by atoms with E-state index in [1.54, 1.807) is 0 Å². The van der Waals surface area contributed by atoms with Crippen molar-refractivity contribution in [2.75, 3.05) is 26.2 Å². The van der Waals surface area contributed by atoms with Crippen LogP contribution in [0.4, 0.5) is 0 Å². The molecule has 86 valence electrons. The molecule has 1 amide bonds. The molecule has 15 heavy (non-hydrogen) atoms. The van der Waals surface area contributed by atoms with E-state index in [-0.39, 0.29) is 18.6 Å². The summed E-state index contributed by atoms with van der Waals surface area (Å²) in [6, 6.07) is 0.385. The van der Waals surface area contributed by atoms with Crippen molar-refractivity contribution in [1.82, 2.24) is 10.2 Å². The fourth-order valence-corrected chi connectivity index (χ4v) is 2.30. The van der Waals surface area contributed by atoms with Crippen LogP contribution < -0.4 is 5.32 Å². The molecule has 2 saturated heterocycles. The van der Waals surface area contributed by atoms with Crippen LogP contribution in [0.25, 0.3) is 0 Å². The van der Waals surface area contributed by atoms with E-state index >= 15 is 0 Å². The Morgan fingerprint density at radius 3 is 2.67 bits per heavy atom. The first-order valence-corrected chi connectivity index (χ1v) is 5.78. The molecule has 0 aromatic carbocycles. The van der Waals surface area contributed by atoms with E-state index in [0.29, 0.717) is 12.0 Å². The van der Waals surface area contributed by atoms with E-state index in [0.717, 1.165) is 26.1 Å². The smallest absolute Gasteiger partial charge is 0.248 e. The Morgan fingerprint density at radius 2 is 2.20 bits per heavy atom. The molecule has 2 aliphatic rings. The number of hydrogen-bond acceptors (Lipinski definition) is 3. The zero-order chi connectivity index (χ0) is 10.8. The van der Waals surface area contributed by atoms with Crippen molar-refractivity contribution in [2.45, 2.75) is 32.4 Å². The van der Waals surface area contributed by atoms with Crippen LogP contribution in [0.15, 0.2) is 0 Å². The second-order valence-electron chi connectivity index (χ2n) is 4.83. The van der Waals surface area contributed by atoms with Crippen molar-refractivity contribution in [3.63, 3.8) is 0 Å². The van der Waals surface area contributed by atoms with Crippen LogP contribution in [-0.4, -0.2) is 49.2 Å². The van der Waals surface area contributed by atoms with Crippen LogP contribution in [0.1, 0.15) is 20.3 Å². The molecule has 2 heterocycles. The lowest BCUT2D eigenvalue weighted by Gasteiger charge is -2.28. The minimum absolute atomic E-state index is 0.152. The van der Waals surface area contributed by atoms with Crippen molar-refractivity contribution >= 4 is 5.91 Å². The van der Waals surface area contributed by atoms with E-state index in [2.05, 4.69) is 19.2 Å². The highest BCUT2D eigenvalue weighted by Crippen LogP contribution is 2.22. The van der Waals surface area contributed by atoms with Gasteiger partial charge < -0.3 is 15.0 Å². The van der Waals surface area contributed by atoms with Crippen molar-refractivity contribution in [3.8, 4) is 0 Å². The quantitative estimate of drug-likeness (QED) is 0.728. The largest absolute Gasteiger partial charge is 0.366 e. The number of nitrogens with one attached hydrogen (secondary N) is 1. The molecule has 4 nitrogen and oxygen atoms in total. The molecule has 2 atom stereocenters. The van der Waals surface area contributed by atoms with Gasteiger partial charge in [-0.25, -0.2) is 0 Å². The maximum atomic E-state index is 11.8. The van der Waals surface area contributed by atoms with Crippen molar-refractivity contribution in [3.05, 3.63) is 0 Å². The second-order valence-corrected chi connectivity index (χ2v) is 4.83. The first kappa shape index (κ1) is 10.9. The maximum Gasteiger partial charge on any atom is 0.248 e. The topological polar surface area (TPSA) is 41.6 Å². The van der Waals surface area contributed by atoms with E-state index in [9.17, 15) is 4.79 Å². The molecule has 2 unspecified atom stereocenters. The monoisotopic (exact) mass is 212 g/mol. The van der Waals surface area contributed by atoms with E-state index in [4.69, 9.17) is 4.74 Å². The van der Waals surface area contributed by atoms with Crippen LogP contribution in [0.2, 0.25) is 0 Å². The van der Waals surface area contributed by atoms with Gasteiger partial charge in [0.15, 0.2) is 0 Å². The second kappa shape index (κ2) is 4.49. The van der Waals surface area contributed by atoms with Gasteiger partial charge in [-0.15, -0.1) is 0 Å². The third-order valence-corrected chi connectivity index (χ3v) is 3.29. The number of carbonyl (C=O) groups excluding carboxylic acids is 1. The zero-order valence-corrected chi connectivity index (χ0v) is 9.53. The van der Waals surface area contributed by atoms with Gasteiger partial charge in [0.05, 0.1) is 6.10 Å². The summed E-state index contributed by atoms with van der Waals surface area (Å²) in [6.45, 7) is 7.24. The van der Waals surface area contributed by atoms with E-state index < -0.39 is 0 Å². The summed E-state index contributed by atoms with van der Waals surface area (Å²) in [6.07, 6.45) is 1.38. The predicted octanol–water partition coefficient (Wildman–Crippen LogP) is 0.232. The molecule has 0 aliphatic carbocycles. The number of carbonyl (C=O) groups is 1. The van der Waals surface area contributed by atoms with Crippen LogP contribution in [0.5, 0.6) is 0 Å². The molecule has 0 radical (unpaired) electrons. The number of nitrogens with zero attached hydrogens (tertiary/aromatic N) is 1. The Hall–Kier alpha value is -0.610. The lowest BCUT2D eigenvalue weighted by atomic mass is 10.1. The van der Waals surface area contributed by atoms with Gasteiger partial charge in [-0.3, -0.25) is 4.79 Å². The summed E-state index contributed by atoms with van der Waals surface area (Å²) in [5.74, 6) is 0.785. The molecule has 2 rings (SSSR count). The summed E-state index contributed by atoms with van der Waals surface area (Å²) < 4.78 is 5.48. The molecule has 2 fully saturated rings. The molecule has 0 saturated carbocycles. The van der Waals surface area contributed by atoms with E-state index in [1.807, 2.05) is 4.90 Å². The average Bonchev–Trinajstić information content (AvgIpc) is 2.42. The number of likely N-dealkylation sites (tertiary alicyclic amines) is 1. The summed E-state index contributed by atoms with van der Waals surface area (Å²) in [4.78, 5) is 13.8. The van der Waals surface area contributed by atoms with Crippen LogP contribution in [-0.2, 0) is 9.53 Å². The molecule has 4 heteroatoms. The minimum Gasteiger partial charge on any atom is -0.366 e. The normalized spacial score (nSPS) is 31.7. The molecular formula is C11H20N2O2. The molecule has 0 spiro atoms. The lowest BCUT2D eigenvalue weighted by molar-refractivity contribution is -0.139. The molecule has 0 aromatic rings. The van der Waals surface area contributed by atoms with Gasteiger partial charge in [0.1, 0.15) is 6.61 Å². The van der Waals surface area contributed by atoms with Gasteiger partial charge in [-0.05, 0) is 19.3 Å². The highest BCUT2D eigenvalue weighted by atomic mass is 16.5. The van der Waals surface area contributed by atoms with Gasteiger partial charge in [0.2, 0.25) is 5.91 Å². The van der Waals surface area contributed by atoms with Gasteiger partial charge in [0.25, 0.3) is 0 Å². The molecule has 2 aliphatic heterocycles. The Morgan fingerprint density at radius 1 is 1.47 bits per heavy atom. The number of amides is 1. The number of rotatable bonds is 3. The van der Waals surface area contributed by atoms with Gasteiger partial charge in [-0.2, -0.15) is 0 Å². The lowest BCUT2D eigenvalue weighted by Crippen LogP contribution is -2.50. The van der Waals surface area contributed by atoms with Crippen LogP contribution >= 0.6 is 0 Å². The molecule has 0 bridgehead atoms. The third kappa shape index (κ3) is 2.49. The van der Waals surface area contributed by atoms with Crippen LogP contribution in [0.3, 0.4) is 0 Å².